The third kappa shape index (κ3) is 7.58. The van der Waals surface area contributed by atoms with Crippen LogP contribution in [0.1, 0.15) is 76.7 Å². The lowest BCUT2D eigenvalue weighted by Gasteiger charge is -2.02. The molecule has 0 atom stereocenters. The van der Waals surface area contributed by atoms with Crippen LogP contribution in [-0.4, -0.2) is 4.57 Å². The third-order valence-corrected chi connectivity index (χ3v) is 3.71. The van der Waals surface area contributed by atoms with Crippen LogP contribution in [0.2, 0.25) is 0 Å². The molecule has 0 fully saturated rings. The van der Waals surface area contributed by atoms with Crippen LogP contribution < -0.4 is 0 Å². The summed E-state index contributed by atoms with van der Waals surface area (Å²) in [6, 6.07) is 2.24. The maximum absolute atomic E-state index is 2.28. The summed E-state index contributed by atoms with van der Waals surface area (Å²) in [7, 11) is 2.10. The summed E-state index contributed by atoms with van der Waals surface area (Å²) in [5, 5.41) is 0. The van der Waals surface area contributed by atoms with Crippen LogP contribution in [-0.2, 0) is 13.5 Å². The van der Waals surface area contributed by atoms with Crippen LogP contribution in [0.25, 0.3) is 0 Å². The molecule has 0 aliphatic rings. The van der Waals surface area contributed by atoms with E-state index in [1.54, 1.807) is 0 Å². The minimum atomic E-state index is 1.26. The molecular formula is C17H31N. The average molecular weight is 249 g/mol. The van der Waals surface area contributed by atoms with E-state index in [1.807, 2.05) is 0 Å². The number of unbranched alkanes of at least 4 members (excludes halogenated alkanes) is 9. The number of aryl methyl sites for hydroxylation is 2. The van der Waals surface area contributed by atoms with Crippen molar-refractivity contribution in [3.8, 4) is 0 Å². The zero-order valence-electron chi connectivity index (χ0n) is 12.5. The quantitative estimate of drug-likeness (QED) is 0.457. The summed E-state index contributed by atoms with van der Waals surface area (Å²) in [5.41, 5.74) is 1.50. The van der Waals surface area contributed by atoms with E-state index in [-0.39, 0.29) is 0 Å². The number of rotatable bonds is 11. The Morgan fingerprint density at radius 2 is 1.39 bits per heavy atom. The van der Waals surface area contributed by atoms with Crippen LogP contribution in [0, 0.1) is 0 Å². The Balaban J connectivity index is 1.81. The Morgan fingerprint density at radius 3 is 1.89 bits per heavy atom. The topological polar surface area (TPSA) is 4.93 Å². The van der Waals surface area contributed by atoms with Crippen molar-refractivity contribution in [3.05, 3.63) is 24.0 Å². The molecule has 0 N–H and O–H groups in total. The first-order valence-corrected chi connectivity index (χ1v) is 7.93. The molecule has 0 aromatic carbocycles. The Labute approximate surface area is 114 Å². The molecule has 0 bridgehead atoms. The Morgan fingerprint density at radius 1 is 0.833 bits per heavy atom. The minimum absolute atomic E-state index is 1.26. The van der Waals surface area contributed by atoms with Gasteiger partial charge < -0.3 is 4.57 Å². The van der Waals surface area contributed by atoms with Crippen molar-refractivity contribution in [1.29, 1.82) is 0 Å². The molecule has 0 saturated carbocycles. The van der Waals surface area contributed by atoms with Crippen LogP contribution in [0.5, 0.6) is 0 Å². The number of nitrogens with zero attached hydrogens (tertiary/aromatic N) is 1. The second-order valence-corrected chi connectivity index (χ2v) is 5.62. The third-order valence-electron chi connectivity index (χ3n) is 3.71. The van der Waals surface area contributed by atoms with Gasteiger partial charge in [0.15, 0.2) is 0 Å². The van der Waals surface area contributed by atoms with E-state index < -0.39 is 0 Å². The fourth-order valence-corrected chi connectivity index (χ4v) is 2.53. The molecule has 0 spiro atoms. The molecule has 0 aliphatic heterocycles. The Hall–Kier alpha value is -0.720. The lowest BCUT2D eigenvalue weighted by Crippen LogP contribution is -1.85. The van der Waals surface area contributed by atoms with E-state index in [0.717, 1.165) is 0 Å². The van der Waals surface area contributed by atoms with Gasteiger partial charge in [0.25, 0.3) is 0 Å². The van der Waals surface area contributed by atoms with Gasteiger partial charge in [-0.1, -0.05) is 64.7 Å². The van der Waals surface area contributed by atoms with E-state index in [2.05, 4.69) is 37.0 Å². The van der Waals surface area contributed by atoms with Gasteiger partial charge in [0.05, 0.1) is 0 Å². The van der Waals surface area contributed by atoms with E-state index in [4.69, 9.17) is 0 Å². The van der Waals surface area contributed by atoms with Crippen molar-refractivity contribution in [3.63, 3.8) is 0 Å². The van der Waals surface area contributed by atoms with Crippen molar-refractivity contribution >= 4 is 0 Å². The molecule has 1 rings (SSSR count). The molecule has 1 heterocycles. The first-order valence-electron chi connectivity index (χ1n) is 7.93. The SMILES string of the molecule is CCCCCCCCCCCCc1ccn(C)c1. The zero-order chi connectivity index (χ0) is 13.1. The fourth-order valence-electron chi connectivity index (χ4n) is 2.53. The summed E-state index contributed by atoms with van der Waals surface area (Å²) in [6.45, 7) is 2.28. The van der Waals surface area contributed by atoms with Gasteiger partial charge in [0, 0.05) is 19.4 Å². The van der Waals surface area contributed by atoms with Crippen LogP contribution in [0.3, 0.4) is 0 Å². The maximum atomic E-state index is 2.28. The predicted molar refractivity (Wildman–Crippen MR) is 81.0 cm³/mol. The van der Waals surface area contributed by atoms with E-state index in [1.165, 1.54) is 76.2 Å². The molecule has 0 amide bonds. The van der Waals surface area contributed by atoms with Crippen LogP contribution in [0.15, 0.2) is 18.5 Å². The molecule has 104 valence electrons. The van der Waals surface area contributed by atoms with Gasteiger partial charge in [0.1, 0.15) is 0 Å². The second kappa shape index (κ2) is 10.2. The largest absolute Gasteiger partial charge is 0.357 e. The van der Waals surface area contributed by atoms with Crippen molar-refractivity contribution < 1.29 is 0 Å². The van der Waals surface area contributed by atoms with Gasteiger partial charge in [-0.15, -0.1) is 0 Å². The van der Waals surface area contributed by atoms with Crippen molar-refractivity contribution in [2.75, 3.05) is 0 Å². The molecule has 1 aromatic heterocycles. The maximum Gasteiger partial charge on any atom is 0.0106 e. The minimum Gasteiger partial charge on any atom is -0.357 e. The van der Waals surface area contributed by atoms with E-state index in [9.17, 15) is 0 Å². The number of aromatic nitrogens is 1. The van der Waals surface area contributed by atoms with Gasteiger partial charge in [-0.2, -0.15) is 0 Å². The van der Waals surface area contributed by atoms with Crippen molar-refractivity contribution in [2.24, 2.45) is 7.05 Å². The smallest absolute Gasteiger partial charge is 0.0106 e. The van der Waals surface area contributed by atoms with E-state index >= 15 is 0 Å². The zero-order valence-corrected chi connectivity index (χ0v) is 12.5. The van der Waals surface area contributed by atoms with Crippen molar-refractivity contribution in [1.82, 2.24) is 4.57 Å². The summed E-state index contributed by atoms with van der Waals surface area (Å²) >= 11 is 0. The van der Waals surface area contributed by atoms with Gasteiger partial charge in [0.2, 0.25) is 0 Å². The molecule has 0 aliphatic carbocycles. The van der Waals surface area contributed by atoms with Crippen LogP contribution >= 0.6 is 0 Å². The van der Waals surface area contributed by atoms with Gasteiger partial charge in [-0.05, 0) is 24.5 Å². The molecule has 0 saturated heterocycles. The molecule has 1 heteroatoms. The summed E-state index contributed by atoms with van der Waals surface area (Å²) in [6.07, 6.45) is 19.9. The molecule has 18 heavy (non-hydrogen) atoms. The van der Waals surface area contributed by atoms with Gasteiger partial charge >= 0.3 is 0 Å². The fraction of sp³-hybridized carbons (Fsp3) is 0.765. The first-order chi connectivity index (χ1) is 8.83. The van der Waals surface area contributed by atoms with Gasteiger partial charge in [-0.25, -0.2) is 0 Å². The molecular weight excluding hydrogens is 218 g/mol. The highest BCUT2D eigenvalue weighted by Gasteiger charge is 1.96. The lowest BCUT2D eigenvalue weighted by atomic mass is 10.0. The highest BCUT2D eigenvalue weighted by molar-refractivity contribution is 5.09. The second-order valence-electron chi connectivity index (χ2n) is 5.62. The molecule has 1 aromatic rings. The lowest BCUT2D eigenvalue weighted by molar-refractivity contribution is 0.556. The molecule has 0 unspecified atom stereocenters. The summed E-state index contributed by atoms with van der Waals surface area (Å²) < 4.78 is 2.14. The molecule has 1 nitrogen and oxygen atoms in total. The first kappa shape index (κ1) is 15.3. The molecule has 0 radical (unpaired) electrons. The van der Waals surface area contributed by atoms with Crippen LogP contribution in [0.4, 0.5) is 0 Å². The number of hydrogen-bond acceptors (Lipinski definition) is 0. The summed E-state index contributed by atoms with van der Waals surface area (Å²) in [5.74, 6) is 0. The predicted octanol–water partition coefficient (Wildman–Crippen LogP) is 5.49. The monoisotopic (exact) mass is 249 g/mol. The number of hydrogen-bond donors (Lipinski definition) is 0. The van der Waals surface area contributed by atoms with Crippen molar-refractivity contribution in [2.45, 2.75) is 77.6 Å². The standard InChI is InChI=1S/C17H31N/c1-3-4-5-6-7-8-9-10-11-12-13-17-14-15-18(2)16-17/h14-16H,3-13H2,1-2H3. The summed E-state index contributed by atoms with van der Waals surface area (Å²) in [4.78, 5) is 0. The highest BCUT2D eigenvalue weighted by atomic mass is 14.9. The Kier molecular flexibility index (Phi) is 8.71. The normalized spacial score (nSPS) is 11.0. The van der Waals surface area contributed by atoms with Gasteiger partial charge in [-0.3, -0.25) is 0 Å². The Bertz CT molecular complexity index is 288. The average Bonchev–Trinajstić information content (AvgIpc) is 2.77. The highest BCUT2D eigenvalue weighted by Crippen LogP contribution is 2.12. The van der Waals surface area contributed by atoms with E-state index in [0.29, 0.717) is 0 Å².